The van der Waals surface area contributed by atoms with E-state index in [4.69, 9.17) is 5.73 Å². The number of likely N-dealkylation sites (N-methyl/N-ethyl adjacent to an activating group) is 1. The molecule has 0 aliphatic heterocycles. The number of rotatable bonds is 3. The van der Waals surface area contributed by atoms with Crippen molar-refractivity contribution < 1.29 is 4.79 Å². The Morgan fingerprint density at radius 3 is 2.41 bits per heavy atom. The Hall–Kier alpha value is -0.870. The van der Waals surface area contributed by atoms with Crippen molar-refractivity contribution in [1.82, 2.24) is 4.90 Å². The molecule has 1 fully saturated rings. The number of nitrogens with two attached hydrogens (primary N) is 1. The van der Waals surface area contributed by atoms with E-state index in [0.29, 0.717) is 6.04 Å². The molecule has 0 heterocycles. The van der Waals surface area contributed by atoms with E-state index in [1.165, 1.54) is 0 Å². The summed E-state index contributed by atoms with van der Waals surface area (Å²) in [6.07, 6.45) is 2.19. The standard InChI is InChI=1S/C13H17BrN2O/c1-13(15,9-3-5-10(14)6-4-9)12(17)16(2)11-7-8-11/h3-6,11H,7-8,15H2,1-2H3. The van der Waals surface area contributed by atoms with Gasteiger partial charge in [0.05, 0.1) is 0 Å². The molecule has 1 aromatic rings. The van der Waals surface area contributed by atoms with Crippen LogP contribution in [0.25, 0.3) is 0 Å². The molecule has 1 atom stereocenters. The van der Waals surface area contributed by atoms with E-state index >= 15 is 0 Å². The average molecular weight is 297 g/mol. The number of hydrogen-bond donors (Lipinski definition) is 1. The first-order valence-electron chi connectivity index (χ1n) is 5.75. The van der Waals surface area contributed by atoms with Crippen LogP contribution in [-0.4, -0.2) is 23.9 Å². The van der Waals surface area contributed by atoms with Gasteiger partial charge >= 0.3 is 0 Å². The molecule has 1 amide bonds. The number of amides is 1. The Morgan fingerprint density at radius 2 is 1.94 bits per heavy atom. The highest BCUT2D eigenvalue weighted by atomic mass is 79.9. The smallest absolute Gasteiger partial charge is 0.246 e. The van der Waals surface area contributed by atoms with Crippen molar-refractivity contribution in [2.45, 2.75) is 31.3 Å². The van der Waals surface area contributed by atoms with Gasteiger partial charge in [-0.05, 0) is 37.5 Å². The summed E-state index contributed by atoms with van der Waals surface area (Å²) < 4.78 is 0.986. The molecular weight excluding hydrogens is 280 g/mol. The molecule has 0 bridgehead atoms. The Morgan fingerprint density at radius 1 is 1.41 bits per heavy atom. The van der Waals surface area contributed by atoms with Gasteiger partial charge in [-0.3, -0.25) is 4.79 Å². The number of carbonyl (C=O) groups excluding carboxylic acids is 1. The van der Waals surface area contributed by atoms with Crippen molar-refractivity contribution in [3.05, 3.63) is 34.3 Å². The van der Waals surface area contributed by atoms with E-state index in [9.17, 15) is 4.79 Å². The molecule has 17 heavy (non-hydrogen) atoms. The van der Waals surface area contributed by atoms with Crippen LogP contribution in [0.1, 0.15) is 25.3 Å². The topological polar surface area (TPSA) is 46.3 Å². The first kappa shape index (κ1) is 12.6. The molecule has 4 heteroatoms. The third kappa shape index (κ3) is 2.53. The Labute approximate surface area is 110 Å². The maximum Gasteiger partial charge on any atom is 0.246 e. The Bertz CT molecular complexity index is 424. The predicted octanol–water partition coefficient (Wildman–Crippen LogP) is 2.24. The van der Waals surface area contributed by atoms with Crippen molar-refractivity contribution in [3.63, 3.8) is 0 Å². The lowest BCUT2D eigenvalue weighted by atomic mass is 9.92. The minimum atomic E-state index is -0.946. The highest BCUT2D eigenvalue weighted by Gasteiger charge is 2.38. The number of halogens is 1. The van der Waals surface area contributed by atoms with Crippen LogP contribution in [0.5, 0.6) is 0 Å². The van der Waals surface area contributed by atoms with Crippen LogP contribution < -0.4 is 5.73 Å². The monoisotopic (exact) mass is 296 g/mol. The fraction of sp³-hybridized carbons (Fsp3) is 0.462. The number of benzene rings is 1. The van der Waals surface area contributed by atoms with Crippen LogP contribution in [0.15, 0.2) is 28.7 Å². The van der Waals surface area contributed by atoms with E-state index in [0.717, 1.165) is 22.9 Å². The average Bonchev–Trinajstić information content (AvgIpc) is 3.11. The molecule has 2 rings (SSSR count). The van der Waals surface area contributed by atoms with E-state index in [1.54, 1.807) is 11.8 Å². The van der Waals surface area contributed by atoms with Crippen LogP contribution in [0.3, 0.4) is 0 Å². The van der Waals surface area contributed by atoms with E-state index in [-0.39, 0.29) is 5.91 Å². The van der Waals surface area contributed by atoms with Gasteiger partial charge in [-0.2, -0.15) is 0 Å². The van der Waals surface area contributed by atoms with Gasteiger partial charge < -0.3 is 10.6 Å². The summed E-state index contributed by atoms with van der Waals surface area (Å²) >= 11 is 3.38. The third-order valence-electron chi connectivity index (χ3n) is 3.30. The molecule has 92 valence electrons. The summed E-state index contributed by atoms with van der Waals surface area (Å²) in [7, 11) is 1.84. The second-order valence-electron chi connectivity index (χ2n) is 4.86. The predicted molar refractivity (Wildman–Crippen MR) is 71.5 cm³/mol. The Balaban J connectivity index is 2.22. The second kappa shape index (κ2) is 4.42. The molecule has 1 aliphatic rings. The molecule has 0 radical (unpaired) electrons. The fourth-order valence-electron chi connectivity index (χ4n) is 1.91. The Kier molecular flexibility index (Phi) is 3.27. The first-order valence-corrected chi connectivity index (χ1v) is 6.54. The van der Waals surface area contributed by atoms with Crippen molar-refractivity contribution in [2.24, 2.45) is 5.73 Å². The highest BCUT2D eigenvalue weighted by Crippen LogP contribution is 2.30. The van der Waals surface area contributed by atoms with Crippen molar-refractivity contribution in [1.29, 1.82) is 0 Å². The van der Waals surface area contributed by atoms with Gasteiger partial charge in [-0.1, -0.05) is 28.1 Å². The van der Waals surface area contributed by atoms with Gasteiger partial charge in [0, 0.05) is 17.6 Å². The summed E-state index contributed by atoms with van der Waals surface area (Å²) in [5, 5.41) is 0. The maximum absolute atomic E-state index is 12.3. The first-order chi connectivity index (χ1) is 7.93. The van der Waals surface area contributed by atoms with Gasteiger partial charge in [0.2, 0.25) is 5.91 Å². The normalized spacial score (nSPS) is 18.6. The molecule has 2 N–H and O–H groups in total. The van der Waals surface area contributed by atoms with Gasteiger partial charge in [-0.15, -0.1) is 0 Å². The summed E-state index contributed by atoms with van der Waals surface area (Å²) in [5.74, 6) is -0.0117. The maximum atomic E-state index is 12.3. The molecule has 0 aromatic heterocycles. The molecule has 3 nitrogen and oxygen atoms in total. The van der Waals surface area contributed by atoms with Crippen LogP contribution in [0.4, 0.5) is 0 Å². The number of carbonyl (C=O) groups is 1. The van der Waals surface area contributed by atoms with Gasteiger partial charge in [-0.25, -0.2) is 0 Å². The zero-order chi connectivity index (χ0) is 12.6. The number of nitrogens with zero attached hydrogens (tertiary/aromatic N) is 1. The van der Waals surface area contributed by atoms with Crippen molar-refractivity contribution in [2.75, 3.05) is 7.05 Å². The lowest BCUT2D eigenvalue weighted by molar-refractivity contribution is -0.135. The summed E-state index contributed by atoms with van der Waals surface area (Å²) in [5.41, 5.74) is 6.09. The largest absolute Gasteiger partial charge is 0.341 e. The molecule has 1 aliphatic carbocycles. The van der Waals surface area contributed by atoms with Gasteiger partial charge in [0.1, 0.15) is 5.54 Å². The second-order valence-corrected chi connectivity index (χ2v) is 5.77. The van der Waals surface area contributed by atoms with Crippen LogP contribution in [0.2, 0.25) is 0 Å². The lowest BCUT2D eigenvalue weighted by Gasteiger charge is -2.29. The van der Waals surface area contributed by atoms with E-state index in [1.807, 2.05) is 31.3 Å². The minimum absolute atomic E-state index is 0.0117. The van der Waals surface area contributed by atoms with Crippen LogP contribution >= 0.6 is 15.9 Å². The van der Waals surface area contributed by atoms with E-state index < -0.39 is 5.54 Å². The highest BCUT2D eigenvalue weighted by molar-refractivity contribution is 9.10. The molecule has 1 aromatic carbocycles. The number of hydrogen-bond acceptors (Lipinski definition) is 2. The summed E-state index contributed by atoms with van der Waals surface area (Å²) in [6.45, 7) is 1.78. The SMILES string of the molecule is CN(C(=O)C(C)(N)c1ccc(Br)cc1)C1CC1. The quantitative estimate of drug-likeness (QED) is 0.930. The zero-order valence-corrected chi connectivity index (χ0v) is 11.7. The molecule has 1 saturated carbocycles. The zero-order valence-electron chi connectivity index (χ0n) is 10.1. The van der Waals surface area contributed by atoms with Crippen LogP contribution in [0, 0.1) is 0 Å². The van der Waals surface area contributed by atoms with Gasteiger partial charge in [0.15, 0.2) is 0 Å². The lowest BCUT2D eigenvalue weighted by Crippen LogP contribution is -2.50. The van der Waals surface area contributed by atoms with Crippen molar-refractivity contribution >= 4 is 21.8 Å². The minimum Gasteiger partial charge on any atom is -0.341 e. The van der Waals surface area contributed by atoms with E-state index in [2.05, 4.69) is 15.9 Å². The fourth-order valence-corrected chi connectivity index (χ4v) is 2.18. The van der Waals surface area contributed by atoms with Gasteiger partial charge in [0.25, 0.3) is 0 Å². The third-order valence-corrected chi connectivity index (χ3v) is 3.83. The molecular formula is C13H17BrN2O. The van der Waals surface area contributed by atoms with Crippen molar-refractivity contribution in [3.8, 4) is 0 Å². The molecule has 0 saturated heterocycles. The molecule has 1 unspecified atom stereocenters. The summed E-state index contributed by atoms with van der Waals surface area (Å²) in [6, 6.07) is 7.99. The van der Waals surface area contributed by atoms with Crippen LogP contribution in [-0.2, 0) is 10.3 Å². The molecule has 0 spiro atoms. The summed E-state index contributed by atoms with van der Waals surface area (Å²) in [4.78, 5) is 14.1.